The van der Waals surface area contributed by atoms with Gasteiger partial charge in [-0.1, -0.05) is 6.07 Å². The van der Waals surface area contributed by atoms with E-state index in [1.54, 1.807) is 11.1 Å². The monoisotopic (exact) mass is 425 g/mol. The quantitative estimate of drug-likeness (QED) is 0.614. The topological polar surface area (TPSA) is 83.7 Å². The molecule has 0 aliphatic carbocycles. The largest absolute Gasteiger partial charge is 0.444 e. The van der Waals surface area contributed by atoms with Crippen LogP contribution in [-0.4, -0.2) is 60.8 Å². The Labute approximate surface area is 183 Å². The Kier molecular flexibility index (Phi) is 6.80. The van der Waals surface area contributed by atoms with Gasteiger partial charge in [-0.3, -0.25) is 0 Å². The average Bonchev–Trinajstić information content (AvgIpc) is 3.13. The predicted molar refractivity (Wildman–Crippen MR) is 122 cm³/mol. The van der Waals surface area contributed by atoms with Gasteiger partial charge in [0.2, 0.25) is 5.89 Å². The fourth-order valence-electron chi connectivity index (χ4n) is 3.00. The first-order valence-corrected chi connectivity index (χ1v) is 10.3. The number of hydrogen-bond donors (Lipinski definition) is 1. The first-order valence-electron chi connectivity index (χ1n) is 10.3. The zero-order valence-electron chi connectivity index (χ0n) is 19.1. The van der Waals surface area contributed by atoms with E-state index in [4.69, 9.17) is 9.15 Å². The van der Waals surface area contributed by atoms with Crippen molar-refractivity contribution >= 4 is 23.0 Å². The number of carbonyl (C=O) groups excluding carboxylic acids is 1. The van der Waals surface area contributed by atoms with Gasteiger partial charge in [-0.15, -0.1) is 0 Å². The van der Waals surface area contributed by atoms with E-state index in [1.807, 2.05) is 77.1 Å². The summed E-state index contributed by atoms with van der Waals surface area (Å²) in [5, 5.41) is 3.08. The second-order valence-corrected chi connectivity index (χ2v) is 8.63. The highest BCUT2D eigenvalue weighted by Crippen LogP contribution is 2.26. The van der Waals surface area contributed by atoms with Crippen LogP contribution in [0.2, 0.25) is 0 Å². The molecule has 0 bridgehead atoms. The van der Waals surface area contributed by atoms with Crippen molar-refractivity contribution in [3.05, 3.63) is 42.1 Å². The minimum absolute atomic E-state index is 0.337. The van der Waals surface area contributed by atoms with Gasteiger partial charge in [0.05, 0.1) is 5.56 Å². The predicted octanol–water partition coefficient (Wildman–Crippen LogP) is 3.91. The van der Waals surface area contributed by atoms with Gasteiger partial charge in [0.25, 0.3) is 0 Å². The molecule has 2 heterocycles. The van der Waals surface area contributed by atoms with Gasteiger partial charge < -0.3 is 24.3 Å². The maximum atomic E-state index is 12.6. The maximum absolute atomic E-state index is 12.6. The van der Waals surface area contributed by atoms with Crippen molar-refractivity contribution < 1.29 is 13.9 Å². The zero-order valence-corrected chi connectivity index (χ0v) is 19.1. The molecule has 1 N–H and O–H groups in total. The van der Waals surface area contributed by atoms with Crippen molar-refractivity contribution in [1.82, 2.24) is 20.2 Å². The molecule has 0 fully saturated rings. The summed E-state index contributed by atoms with van der Waals surface area (Å²) in [4.78, 5) is 25.3. The lowest BCUT2D eigenvalue weighted by atomic mass is 10.2. The van der Waals surface area contributed by atoms with Crippen LogP contribution in [0.15, 0.2) is 40.9 Å². The first-order chi connectivity index (χ1) is 14.7. The second kappa shape index (κ2) is 9.34. The van der Waals surface area contributed by atoms with Crippen LogP contribution in [0.5, 0.6) is 0 Å². The van der Waals surface area contributed by atoms with Crippen LogP contribution < -0.4 is 10.2 Å². The molecular formula is C23H31N5O3. The van der Waals surface area contributed by atoms with E-state index in [0.29, 0.717) is 31.1 Å². The molecule has 3 rings (SSSR count). The molecule has 0 saturated heterocycles. The third-order valence-electron chi connectivity index (χ3n) is 4.56. The van der Waals surface area contributed by atoms with Crippen molar-refractivity contribution in [2.75, 3.05) is 39.1 Å². The van der Waals surface area contributed by atoms with Crippen LogP contribution in [-0.2, 0) is 11.3 Å². The number of anilines is 1. The lowest BCUT2D eigenvalue weighted by Crippen LogP contribution is -2.39. The highest BCUT2D eigenvalue weighted by molar-refractivity contribution is 5.77. The summed E-state index contributed by atoms with van der Waals surface area (Å²) in [5.74, 6) is 1.38. The van der Waals surface area contributed by atoms with Gasteiger partial charge in [-0.25, -0.2) is 14.8 Å². The van der Waals surface area contributed by atoms with Gasteiger partial charge in [0.1, 0.15) is 16.9 Å². The van der Waals surface area contributed by atoms with Crippen molar-refractivity contribution in [3.63, 3.8) is 0 Å². The molecule has 31 heavy (non-hydrogen) atoms. The molecule has 3 aromatic rings. The number of aromatic nitrogens is 2. The first kappa shape index (κ1) is 22.6. The fraction of sp³-hybridized carbons (Fsp3) is 0.435. The average molecular weight is 426 g/mol. The van der Waals surface area contributed by atoms with Gasteiger partial charge in [0, 0.05) is 39.9 Å². The van der Waals surface area contributed by atoms with Crippen LogP contribution in [0.25, 0.3) is 22.6 Å². The van der Waals surface area contributed by atoms with Gasteiger partial charge >= 0.3 is 6.09 Å². The minimum atomic E-state index is -0.546. The lowest BCUT2D eigenvalue weighted by molar-refractivity contribution is 0.0236. The van der Waals surface area contributed by atoms with E-state index in [9.17, 15) is 4.79 Å². The molecule has 0 aliphatic heterocycles. The van der Waals surface area contributed by atoms with Crippen LogP contribution in [0.1, 0.15) is 26.3 Å². The molecule has 1 aromatic carbocycles. The lowest BCUT2D eigenvalue weighted by Gasteiger charge is -2.27. The summed E-state index contributed by atoms with van der Waals surface area (Å²) in [6.45, 7) is 7.23. The normalized spacial score (nSPS) is 11.5. The smallest absolute Gasteiger partial charge is 0.410 e. The van der Waals surface area contributed by atoms with Crippen molar-refractivity contribution in [2.24, 2.45) is 0 Å². The third-order valence-corrected chi connectivity index (χ3v) is 4.56. The fourth-order valence-corrected chi connectivity index (χ4v) is 3.00. The van der Waals surface area contributed by atoms with Crippen LogP contribution in [0.3, 0.4) is 0 Å². The Bertz CT molecular complexity index is 1020. The van der Waals surface area contributed by atoms with Crippen LogP contribution >= 0.6 is 0 Å². The summed E-state index contributed by atoms with van der Waals surface area (Å²) in [6, 6.07) is 9.64. The van der Waals surface area contributed by atoms with E-state index < -0.39 is 5.60 Å². The van der Waals surface area contributed by atoms with Crippen molar-refractivity contribution in [2.45, 2.75) is 32.9 Å². The van der Waals surface area contributed by atoms with E-state index in [2.05, 4.69) is 15.3 Å². The van der Waals surface area contributed by atoms with Crippen LogP contribution in [0.4, 0.5) is 10.6 Å². The molecule has 0 atom stereocenters. The van der Waals surface area contributed by atoms with Crippen molar-refractivity contribution in [1.29, 1.82) is 0 Å². The Hall–Kier alpha value is -3.13. The number of fused-ring (bicyclic) bond motifs is 1. The minimum Gasteiger partial charge on any atom is -0.444 e. The number of ether oxygens (including phenoxy) is 1. The SMILES string of the molecule is CNCCN(Cc1ccc2oc(-c3ccc(N(C)C)nc3)nc2c1)C(=O)OC(C)(C)C. The number of carbonyl (C=O) groups is 1. The second-order valence-electron chi connectivity index (χ2n) is 8.63. The number of nitrogens with zero attached hydrogens (tertiary/aromatic N) is 4. The third kappa shape index (κ3) is 5.95. The number of rotatable bonds is 7. The Morgan fingerprint density at radius 2 is 1.97 bits per heavy atom. The molecule has 0 spiro atoms. The summed E-state index contributed by atoms with van der Waals surface area (Å²) < 4.78 is 11.5. The van der Waals surface area contributed by atoms with Crippen molar-refractivity contribution in [3.8, 4) is 11.5 Å². The van der Waals surface area contributed by atoms with E-state index >= 15 is 0 Å². The van der Waals surface area contributed by atoms with E-state index in [0.717, 1.165) is 22.5 Å². The molecule has 0 radical (unpaired) electrons. The molecule has 0 saturated carbocycles. The highest BCUT2D eigenvalue weighted by atomic mass is 16.6. The van der Waals surface area contributed by atoms with Crippen LogP contribution in [0, 0.1) is 0 Å². The number of likely N-dealkylation sites (N-methyl/N-ethyl adjacent to an activating group) is 1. The summed E-state index contributed by atoms with van der Waals surface area (Å²) in [7, 11) is 5.75. The maximum Gasteiger partial charge on any atom is 0.410 e. The molecule has 1 amide bonds. The van der Waals surface area contributed by atoms with Gasteiger partial charge in [0.15, 0.2) is 5.58 Å². The molecule has 0 aliphatic rings. The number of nitrogens with one attached hydrogen (secondary N) is 1. The summed E-state index contributed by atoms with van der Waals surface area (Å²) in [6.07, 6.45) is 1.42. The molecule has 166 valence electrons. The molecule has 2 aromatic heterocycles. The number of hydrogen-bond acceptors (Lipinski definition) is 7. The highest BCUT2D eigenvalue weighted by Gasteiger charge is 2.22. The summed E-state index contributed by atoms with van der Waals surface area (Å²) in [5.41, 5.74) is 2.65. The Balaban J connectivity index is 1.81. The van der Waals surface area contributed by atoms with Gasteiger partial charge in [-0.2, -0.15) is 0 Å². The Morgan fingerprint density at radius 3 is 2.58 bits per heavy atom. The zero-order chi connectivity index (χ0) is 22.6. The molecular weight excluding hydrogens is 394 g/mol. The molecule has 0 unspecified atom stereocenters. The number of benzene rings is 1. The Morgan fingerprint density at radius 1 is 1.19 bits per heavy atom. The molecule has 8 nitrogen and oxygen atoms in total. The standard InChI is InChI=1S/C23H31N5O3/c1-23(2,3)31-22(29)28(12-11-24-4)15-16-7-9-19-18(13-16)26-21(30-19)17-8-10-20(25-14-17)27(5)6/h7-10,13-14,24H,11-12,15H2,1-6H3. The molecule has 8 heteroatoms. The number of amides is 1. The number of pyridine rings is 1. The summed E-state index contributed by atoms with van der Waals surface area (Å²) >= 11 is 0. The van der Waals surface area contributed by atoms with E-state index in [-0.39, 0.29) is 6.09 Å². The van der Waals surface area contributed by atoms with E-state index in [1.165, 1.54) is 0 Å². The number of oxazole rings is 1. The van der Waals surface area contributed by atoms with Gasteiger partial charge in [-0.05, 0) is 57.6 Å².